The lowest BCUT2D eigenvalue weighted by Gasteiger charge is -1.95. The van der Waals surface area contributed by atoms with Crippen molar-refractivity contribution in [1.29, 1.82) is 5.26 Å². The van der Waals surface area contributed by atoms with E-state index >= 15 is 0 Å². The Morgan fingerprint density at radius 3 is 2.92 bits per heavy atom. The maximum absolute atomic E-state index is 8.82. The first-order valence-electron chi connectivity index (χ1n) is 3.86. The topological polar surface area (TPSA) is 23.8 Å². The van der Waals surface area contributed by atoms with E-state index in [2.05, 4.69) is 12.1 Å². The molecule has 0 saturated heterocycles. The van der Waals surface area contributed by atoms with E-state index in [1.807, 2.05) is 35.7 Å². The number of thiophene rings is 1. The Bertz CT molecular complexity index is 437. The van der Waals surface area contributed by atoms with Crippen molar-refractivity contribution in [1.82, 2.24) is 0 Å². The number of benzene rings is 1. The van der Waals surface area contributed by atoms with E-state index in [1.54, 1.807) is 0 Å². The fraction of sp³-hybridized carbons (Fsp3) is 0. The Kier molecular flexibility index (Phi) is 2.11. The monoisotopic (exact) mass is 184 g/mol. The molecular formula is C11H6NS. The second-order valence-electron chi connectivity index (χ2n) is 2.55. The number of nitriles is 1. The second-order valence-corrected chi connectivity index (χ2v) is 3.47. The van der Waals surface area contributed by atoms with Crippen molar-refractivity contribution in [3.63, 3.8) is 0 Å². The molecule has 0 aliphatic heterocycles. The van der Waals surface area contributed by atoms with Crippen LogP contribution < -0.4 is 0 Å². The van der Waals surface area contributed by atoms with Gasteiger partial charge in [0.2, 0.25) is 0 Å². The third kappa shape index (κ3) is 1.47. The molecule has 13 heavy (non-hydrogen) atoms. The molecule has 61 valence electrons. The van der Waals surface area contributed by atoms with Gasteiger partial charge in [-0.1, -0.05) is 24.3 Å². The molecule has 1 radical (unpaired) electrons. The maximum atomic E-state index is 8.82. The molecule has 1 heterocycles. The fourth-order valence-corrected chi connectivity index (χ4v) is 1.87. The smallest absolute Gasteiger partial charge is 0.112 e. The number of hydrogen-bond donors (Lipinski definition) is 0. The van der Waals surface area contributed by atoms with E-state index in [0.717, 1.165) is 16.0 Å². The zero-order valence-electron chi connectivity index (χ0n) is 6.82. The van der Waals surface area contributed by atoms with Gasteiger partial charge in [0, 0.05) is 5.56 Å². The first-order chi connectivity index (χ1) is 6.42. The number of hydrogen-bond acceptors (Lipinski definition) is 2. The molecule has 1 nitrogen and oxygen atoms in total. The summed E-state index contributed by atoms with van der Waals surface area (Å²) < 4.78 is 0. The number of nitrogens with zero attached hydrogens (tertiary/aromatic N) is 1. The summed E-state index contributed by atoms with van der Waals surface area (Å²) in [5.74, 6) is 0. The van der Waals surface area contributed by atoms with Crippen LogP contribution in [-0.4, -0.2) is 0 Å². The van der Waals surface area contributed by atoms with E-state index < -0.39 is 0 Å². The molecule has 0 aliphatic rings. The van der Waals surface area contributed by atoms with Crippen molar-refractivity contribution in [3.8, 4) is 17.2 Å². The van der Waals surface area contributed by atoms with Crippen molar-refractivity contribution in [2.75, 3.05) is 0 Å². The molecule has 2 rings (SSSR count). The van der Waals surface area contributed by atoms with Crippen molar-refractivity contribution >= 4 is 11.3 Å². The average Bonchev–Trinajstić information content (AvgIpc) is 2.67. The van der Waals surface area contributed by atoms with Crippen molar-refractivity contribution in [2.45, 2.75) is 0 Å². The first-order valence-corrected chi connectivity index (χ1v) is 4.74. The highest BCUT2D eigenvalue weighted by molar-refractivity contribution is 7.11. The molecule has 0 spiro atoms. The summed E-state index contributed by atoms with van der Waals surface area (Å²) in [7, 11) is 0. The van der Waals surface area contributed by atoms with Gasteiger partial charge >= 0.3 is 0 Å². The third-order valence-electron chi connectivity index (χ3n) is 1.77. The third-order valence-corrected chi connectivity index (χ3v) is 2.59. The molecule has 0 N–H and O–H groups in total. The highest BCUT2D eigenvalue weighted by atomic mass is 32.1. The lowest BCUT2D eigenvalue weighted by molar-refractivity contribution is 1.52. The van der Waals surface area contributed by atoms with E-state index in [1.165, 1.54) is 11.3 Å². The fourth-order valence-electron chi connectivity index (χ4n) is 1.17. The Balaban J connectivity index is 2.54. The van der Waals surface area contributed by atoms with Gasteiger partial charge < -0.3 is 0 Å². The molecule has 0 fully saturated rings. The van der Waals surface area contributed by atoms with Gasteiger partial charge in [0.15, 0.2) is 0 Å². The van der Waals surface area contributed by atoms with E-state index in [0.29, 0.717) is 0 Å². The van der Waals surface area contributed by atoms with E-state index in [-0.39, 0.29) is 0 Å². The van der Waals surface area contributed by atoms with Gasteiger partial charge in [-0.2, -0.15) is 5.26 Å². The average molecular weight is 184 g/mol. The van der Waals surface area contributed by atoms with Crippen LogP contribution >= 0.6 is 11.3 Å². The zero-order chi connectivity index (χ0) is 9.10. The standard InChI is InChI=1S/C11H6NS/c12-8-11-10(6-7-13-11)9-4-2-1-3-5-9/h1-4,6-7H. The zero-order valence-corrected chi connectivity index (χ0v) is 7.64. The van der Waals surface area contributed by atoms with Crippen molar-refractivity contribution in [2.24, 2.45) is 0 Å². The molecule has 0 bridgehead atoms. The quantitative estimate of drug-likeness (QED) is 0.668. The number of rotatable bonds is 1. The lowest BCUT2D eigenvalue weighted by atomic mass is 10.1. The summed E-state index contributed by atoms with van der Waals surface area (Å²) in [6.07, 6.45) is 0. The Morgan fingerprint density at radius 1 is 1.31 bits per heavy atom. The molecule has 0 amide bonds. The molecule has 0 atom stereocenters. The van der Waals surface area contributed by atoms with Crippen molar-refractivity contribution < 1.29 is 0 Å². The molecular weight excluding hydrogens is 178 g/mol. The molecule has 1 aromatic carbocycles. The highest BCUT2D eigenvalue weighted by Gasteiger charge is 2.04. The van der Waals surface area contributed by atoms with Crippen LogP contribution in [0.3, 0.4) is 0 Å². The Morgan fingerprint density at radius 2 is 2.23 bits per heavy atom. The molecule has 0 saturated carbocycles. The summed E-state index contributed by atoms with van der Waals surface area (Å²) >= 11 is 1.46. The van der Waals surface area contributed by atoms with Gasteiger partial charge in [0.1, 0.15) is 10.9 Å². The Hall–Kier alpha value is -1.59. The lowest BCUT2D eigenvalue weighted by Crippen LogP contribution is -1.75. The van der Waals surface area contributed by atoms with Gasteiger partial charge in [0.05, 0.1) is 0 Å². The minimum atomic E-state index is 0.752. The molecule has 1 aromatic heterocycles. The van der Waals surface area contributed by atoms with Crippen LogP contribution in [0.1, 0.15) is 4.88 Å². The Labute approximate surface area is 80.9 Å². The van der Waals surface area contributed by atoms with Crippen LogP contribution in [0.2, 0.25) is 0 Å². The highest BCUT2D eigenvalue weighted by Crippen LogP contribution is 2.26. The minimum Gasteiger partial charge on any atom is -0.192 e. The molecule has 2 aromatic rings. The normalized spacial score (nSPS) is 9.46. The van der Waals surface area contributed by atoms with Crippen LogP contribution in [0.15, 0.2) is 35.7 Å². The molecule has 0 aliphatic carbocycles. The van der Waals surface area contributed by atoms with Crippen LogP contribution in [-0.2, 0) is 0 Å². The summed E-state index contributed by atoms with van der Waals surface area (Å²) in [5.41, 5.74) is 1.97. The van der Waals surface area contributed by atoms with Crippen molar-refractivity contribution in [3.05, 3.63) is 46.7 Å². The summed E-state index contributed by atoms with van der Waals surface area (Å²) in [6, 6.07) is 14.9. The summed E-state index contributed by atoms with van der Waals surface area (Å²) in [5, 5.41) is 10.7. The van der Waals surface area contributed by atoms with Crippen LogP contribution in [0.25, 0.3) is 11.1 Å². The van der Waals surface area contributed by atoms with Crippen LogP contribution in [0.4, 0.5) is 0 Å². The predicted octanol–water partition coefficient (Wildman–Crippen LogP) is 3.09. The minimum absolute atomic E-state index is 0.752. The second kappa shape index (κ2) is 3.42. The van der Waals surface area contributed by atoms with E-state index in [4.69, 9.17) is 5.26 Å². The molecule has 2 heteroatoms. The molecule has 0 unspecified atom stereocenters. The summed E-state index contributed by atoms with van der Waals surface area (Å²) in [4.78, 5) is 0.752. The van der Waals surface area contributed by atoms with Gasteiger partial charge in [0.25, 0.3) is 0 Å². The first kappa shape index (κ1) is 8.03. The van der Waals surface area contributed by atoms with Crippen LogP contribution in [0, 0.1) is 17.4 Å². The maximum Gasteiger partial charge on any atom is 0.112 e. The van der Waals surface area contributed by atoms with E-state index in [9.17, 15) is 0 Å². The van der Waals surface area contributed by atoms with Gasteiger partial charge in [-0.05, 0) is 23.1 Å². The largest absolute Gasteiger partial charge is 0.192 e. The van der Waals surface area contributed by atoms with Gasteiger partial charge in [-0.25, -0.2) is 0 Å². The summed E-state index contributed by atoms with van der Waals surface area (Å²) in [6.45, 7) is 0. The predicted molar refractivity (Wildman–Crippen MR) is 53.3 cm³/mol. The van der Waals surface area contributed by atoms with Crippen LogP contribution in [0.5, 0.6) is 0 Å². The van der Waals surface area contributed by atoms with Gasteiger partial charge in [-0.3, -0.25) is 0 Å². The SMILES string of the molecule is N#Cc1sccc1-c1[c]cccc1. The van der Waals surface area contributed by atoms with Gasteiger partial charge in [-0.15, -0.1) is 11.3 Å².